The third kappa shape index (κ3) is 1.27. The van der Waals surface area contributed by atoms with Gasteiger partial charge in [0.1, 0.15) is 5.78 Å². The highest BCUT2D eigenvalue weighted by Crippen LogP contribution is 2.71. The molecule has 0 aromatic rings. The van der Waals surface area contributed by atoms with Gasteiger partial charge in [0.15, 0.2) is 0 Å². The van der Waals surface area contributed by atoms with E-state index in [1.165, 1.54) is 64.2 Å². The number of carbonyl (C=O) groups is 1. The summed E-state index contributed by atoms with van der Waals surface area (Å²) >= 11 is 0. The molecule has 0 aromatic heterocycles. The normalized spacial score (nSPS) is 63.5. The Morgan fingerprint density at radius 3 is 2.05 bits per heavy atom. The number of fused-ring (bicyclic) bond motifs is 1. The lowest BCUT2D eigenvalue weighted by atomic mass is 9.56. The minimum absolute atomic E-state index is 0.190. The van der Waals surface area contributed by atoms with Crippen molar-refractivity contribution in [3.05, 3.63) is 0 Å². The number of carbonyl (C=O) groups excluding carboxylic acids is 1. The first-order chi connectivity index (χ1) is 10.3. The average Bonchev–Trinajstić information content (AvgIpc) is 3.22. The molecule has 6 rings (SSSR count). The van der Waals surface area contributed by atoms with Gasteiger partial charge < -0.3 is 0 Å². The molecule has 114 valence electrons. The first-order valence-electron chi connectivity index (χ1n) is 9.82. The average molecular weight is 284 g/mol. The van der Waals surface area contributed by atoms with Crippen LogP contribution in [0, 0.1) is 52.8 Å². The molecule has 6 saturated carbocycles. The zero-order valence-electron chi connectivity index (χ0n) is 13.1. The topological polar surface area (TPSA) is 17.1 Å². The van der Waals surface area contributed by atoms with Gasteiger partial charge in [0.25, 0.3) is 0 Å². The Bertz CT molecular complexity index is 510. The molecule has 0 N–H and O–H groups in total. The second-order valence-corrected chi connectivity index (χ2v) is 9.65. The van der Waals surface area contributed by atoms with Crippen LogP contribution in [-0.2, 0) is 4.79 Å². The van der Waals surface area contributed by atoms with Crippen molar-refractivity contribution >= 4 is 5.78 Å². The molecule has 0 saturated heterocycles. The summed E-state index contributed by atoms with van der Waals surface area (Å²) < 4.78 is 0. The van der Waals surface area contributed by atoms with E-state index < -0.39 is 0 Å². The number of rotatable bonds is 0. The fourth-order valence-electron chi connectivity index (χ4n) is 9.06. The Labute approximate surface area is 128 Å². The van der Waals surface area contributed by atoms with Crippen LogP contribution in [0.4, 0.5) is 0 Å². The molecule has 6 unspecified atom stereocenters. The number of ketones is 1. The Balaban J connectivity index is 1.43. The lowest BCUT2D eigenvalue weighted by Crippen LogP contribution is -2.48. The van der Waals surface area contributed by atoms with E-state index >= 15 is 0 Å². The first kappa shape index (κ1) is 12.1. The van der Waals surface area contributed by atoms with Crippen molar-refractivity contribution in [1.82, 2.24) is 0 Å². The standard InChI is InChI=1S/C20H28O/c21-19-15-7-5-11-1-3-13(17(11)15)9-20(19)10-14-4-2-12-6-8-16(20)18(12)14/h11-18H,1-10H2/t11?,12?,13?,14?,15?,16?,17-,18+,20-/m0/s1. The Morgan fingerprint density at radius 1 is 0.667 bits per heavy atom. The van der Waals surface area contributed by atoms with Gasteiger partial charge in [0.2, 0.25) is 0 Å². The van der Waals surface area contributed by atoms with E-state index in [9.17, 15) is 4.79 Å². The second kappa shape index (κ2) is 3.77. The van der Waals surface area contributed by atoms with E-state index in [4.69, 9.17) is 0 Å². The summed E-state index contributed by atoms with van der Waals surface area (Å²) in [5, 5.41) is 0. The van der Waals surface area contributed by atoms with Crippen molar-refractivity contribution in [1.29, 1.82) is 0 Å². The number of Topliss-reactive ketones (excluding diaryl/α,β-unsaturated/α-hetero) is 1. The highest BCUT2D eigenvalue weighted by Gasteiger charge is 2.68. The zero-order chi connectivity index (χ0) is 13.8. The molecule has 0 heterocycles. The fraction of sp³-hybridized carbons (Fsp3) is 0.950. The van der Waals surface area contributed by atoms with Crippen molar-refractivity contribution in [3.8, 4) is 0 Å². The molecule has 6 aliphatic rings. The third-order valence-corrected chi connectivity index (χ3v) is 9.41. The minimum atomic E-state index is 0.190. The van der Waals surface area contributed by atoms with Gasteiger partial charge >= 0.3 is 0 Å². The van der Waals surface area contributed by atoms with Crippen molar-refractivity contribution in [2.24, 2.45) is 52.8 Å². The van der Waals surface area contributed by atoms with Gasteiger partial charge in [-0.3, -0.25) is 4.79 Å². The molecule has 0 amide bonds. The summed E-state index contributed by atoms with van der Waals surface area (Å²) in [5.41, 5.74) is 0.190. The summed E-state index contributed by atoms with van der Waals surface area (Å²) in [7, 11) is 0. The van der Waals surface area contributed by atoms with Crippen LogP contribution < -0.4 is 0 Å². The van der Waals surface area contributed by atoms with Gasteiger partial charge in [-0.05, 0) is 106 Å². The van der Waals surface area contributed by atoms with Crippen LogP contribution in [0.25, 0.3) is 0 Å². The van der Waals surface area contributed by atoms with Gasteiger partial charge in [0.05, 0.1) is 0 Å². The van der Waals surface area contributed by atoms with Gasteiger partial charge in [0, 0.05) is 11.3 Å². The lowest BCUT2D eigenvalue weighted by Gasteiger charge is -2.46. The van der Waals surface area contributed by atoms with Crippen LogP contribution in [0.5, 0.6) is 0 Å². The molecule has 1 heteroatoms. The summed E-state index contributed by atoms with van der Waals surface area (Å²) in [6.07, 6.45) is 14.0. The molecule has 6 aliphatic carbocycles. The zero-order valence-corrected chi connectivity index (χ0v) is 13.1. The molecule has 0 radical (unpaired) electrons. The maximum Gasteiger partial charge on any atom is 0.142 e. The van der Waals surface area contributed by atoms with Gasteiger partial charge in [-0.15, -0.1) is 0 Å². The van der Waals surface area contributed by atoms with Crippen LogP contribution in [0.3, 0.4) is 0 Å². The van der Waals surface area contributed by atoms with E-state index in [1.54, 1.807) is 0 Å². The third-order valence-electron chi connectivity index (χ3n) is 9.41. The summed E-state index contributed by atoms with van der Waals surface area (Å²) in [4.78, 5) is 13.6. The van der Waals surface area contributed by atoms with Crippen molar-refractivity contribution in [3.63, 3.8) is 0 Å². The van der Waals surface area contributed by atoms with Crippen molar-refractivity contribution < 1.29 is 4.79 Å². The number of hydrogen-bond donors (Lipinski definition) is 0. The fourth-order valence-corrected chi connectivity index (χ4v) is 9.06. The largest absolute Gasteiger partial charge is 0.299 e. The van der Waals surface area contributed by atoms with Crippen molar-refractivity contribution in [2.45, 2.75) is 64.2 Å². The van der Waals surface area contributed by atoms with Crippen LogP contribution in [0.2, 0.25) is 0 Å². The maximum atomic E-state index is 13.6. The smallest absolute Gasteiger partial charge is 0.142 e. The molecule has 6 fully saturated rings. The summed E-state index contributed by atoms with van der Waals surface area (Å²) in [6.45, 7) is 0. The van der Waals surface area contributed by atoms with E-state index in [0.29, 0.717) is 5.92 Å². The van der Waals surface area contributed by atoms with Crippen LogP contribution in [-0.4, -0.2) is 5.78 Å². The number of hydrogen-bond acceptors (Lipinski definition) is 1. The minimum Gasteiger partial charge on any atom is -0.299 e. The molecule has 0 bridgehead atoms. The molecule has 0 aliphatic heterocycles. The molecular formula is C20H28O. The van der Waals surface area contributed by atoms with E-state index in [2.05, 4.69) is 0 Å². The Morgan fingerprint density at radius 2 is 1.24 bits per heavy atom. The van der Waals surface area contributed by atoms with E-state index in [-0.39, 0.29) is 5.41 Å². The van der Waals surface area contributed by atoms with Crippen LogP contribution in [0.1, 0.15) is 64.2 Å². The van der Waals surface area contributed by atoms with Crippen LogP contribution >= 0.6 is 0 Å². The Hall–Kier alpha value is -0.330. The summed E-state index contributed by atoms with van der Waals surface area (Å²) in [6, 6.07) is 0. The summed E-state index contributed by atoms with van der Waals surface area (Å²) in [5.74, 6) is 7.79. The van der Waals surface area contributed by atoms with Gasteiger partial charge in [-0.1, -0.05) is 0 Å². The SMILES string of the molecule is O=C1C2CCC3CCC(C[C@@]14CC1CCC5CCC4[C@H]51)[C@H]32. The molecule has 9 atom stereocenters. The predicted molar refractivity (Wildman–Crippen MR) is 81.5 cm³/mol. The lowest BCUT2D eigenvalue weighted by molar-refractivity contribution is -0.144. The van der Waals surface area contributed by atoms with E-state index in [0.717, 1.165) is 47.2 Å². The van der Waals surface area contributed by atoms with Gasteiger partial charge in [-0.25, -0.2) is 0 Å². The monoisotopic (exact) mass is 284 g/mol. The molecule has 0 aromatic carbocycles. The molecule has 1 nitrogen and oxygen atoms in total. The van der Waals surface area contributed by atoms with Crippen molar-refractivity contribution in [2.75, 3.05) is 0 Å². The van der Waals surface area contributed by atoms with Gasteiger partial charge in [-0.2, -0.15) is 0 Å². The second-order valence-electron chi connectivity index (χ2n) is 9.65. The molecule has 1 spiro atoms. The first-order valence-corrected chi connectivity index (χ1v) is 9.82. The highest BCUT2D eigenvalue weighted by atomic mass is 16.1. The Kier molecular flexibility index (Phi) is 2.18. The van der Waals surface area contributed by atoms with E-state index in [1.807, 2.05) is 0 Å². The highest BCUT2D eigenvalue weighted by molar-refractivity contribution is 5.89. The quantitative estimate of drug-likeness (QED) is 0.642. The van der Waals surface area contributed by atoms with Crippen LogP contribution in [0.15, 0.2) is 0 Å². The molecular weight excluding hydrogens is 256 g/mol. The molecule has 21 heavy (non-hydrogen) atoms. The predicted octanol–water partition coefficient (Wildman–Crippen LogP) is 4.45. The maximum absolute atomic E-state index is 13.6.